The van der Waals surface area contributed by atoms with Crippen molar-refractivity contribution in [2.45, 2.75) is 30.5 Å². The highest BCUT2D eigenvalue weighted by molar-refractivity contribution is 6.13. The van der Waals surface area contributed by atoms with E-state index in [9.17, 15) is 0 Å². The highest BCUT2D eigenvalue weighted by Gasteiger charge is 2.33. The minimum absolute atomic E-state index is 0.245. The first-order valence-electron chi connectivity index (χ1n) is 6.72. The molecule has 0 bridgehead atoms. The van der Waals surface area contributed by atoms with E-state index < -0.39 is 0 Å². The van der Waals surface area contributed by atoms with Crippen molar-refractivity contribution in [1.82, 2.24) is 0 Å². The van der Waals surface area contributed by atoms with Crippen LogP contribution in [0, 0.1) is 0 Å². The van der Waals surface area contributed by atoms with E-state index in [2.05, 4.69) is 60.7 Å². The summed E-state index contributed by atoms with van der Waals surface area (Å²) >= 11 is 0. The highest BCUT2D eigenvalue weighted by atomic mass is 14.4. The van der Waals surface area contributed by atoms with Crippen LogP contribution in [-0.2, 0) is 0 Å². The Labute approximate surface area is 110 Å². The van der Waals surface area contributed by atoms with Gasteiger partial charge < -0.3 is 0 Å². The molecule has 0 saturated heterocycles. The van der Waals surface area contributed by atoms with Gasteiger partial charge in [0.25, 0.3) is 0 Å². The second-order valence-electron chi connectivity index (χ2n) is 5.19. The monoisotopic (exact) mass is 232 g/mol. The molecule has 88 valence electrons. The van der Waals surface area contributed by atoms with Crippen molar-refractivity contribution in [2.75, 3.05) is 0 Å². The van der Waals surface area contributed by atoms with E-state index in [0.29, 0.717) is 11.8 Å². The van der Waals surface area contributed by atoms with Crippen LogP contribution in [0.15, 0.2) is 60.7 Å². The molecule has 0 aromatic heterocycles. The molecule has 2 aromatic carbocycles. The third-order valence-corrected chi connectivity index (χ3v) is 4.17. The Balaban J connectivity index is 1.83. The van der Waals surface area contributed by atoms with Crippen LogP contribution >= 0.6 is 0 Å². The lowest BCUT2D eigenvalue weighted by Crippen LogP contribution is -2.06. The van der Waals surface area contributed by atoms with Crippen LogP contribution in [0.3, 0.4) is 0 Å². The topological polar surface area (TPSA) is 0 Å². The fraction of sp³-hybridized carbons (Fsp3) is 0.294. The Bertz CT molecular complexity index is 444. The summed E-state index contributed by atoms with van der Waals surface area (Å²) in [5, 5.41) is 0. The maximum absolute atomic E-state index is 6.49. The molecule has 2 radical (unpaired) electrons. The molecule has 0 amide bonds. The molecule has 2 aromatic rings. The van der Waals surface area contributed by atoms with Gasteiger partial charge >= 0.3 is 0 Å². The van der Waals surface area contributed by atoms with Crippen molar-refractivity contribution in [2.24, 2.45) is 0 Å². The van der Waals surface area contributed by atoms with Gasteiger partial charge in [0.05, 0.1) is 7.85 Å². The van der Waals surface area contributed by atoms with Crippen molar-refractivity contribution in [3.8, 4) is 0 Å². The third-order valence-electron chi connectivity index (χ3n) is 4.17. The number of rotatable bonds is 2. The summed E-state index contributed by atoms with van der Waals surface area (Å²) in [6.45, 7) is 0. The van der Waals surface area contributed by atoms with Gasteiger partial charge in [-0.05, 0) is 35.8 Å². The van der Waals surface area contributed by atoms with Crippen LogP contribution in [0.1, 0.15) is 35.8 Å². The van der Waals surface area contributed by atoms with Gasteiger partial charge in [0, 0.05) is 0 Å². The highest BCUT2D eigenvalue weighted by Crippen LogP contribution is 2.50. The summed E-state index contributed by atoms with van der Waals surface area (Å²) in [5.41, 5.74) is 2.78. The Morgan fingerprint density at radius 1 is 0.667 bits per heavy atom. The zero-order valence-corrected chi connectivity index (χ0v) is 10.5. The second-order valence-corrected chi connectivity index (χ2v) is 5.19. The summed E-state index contributed by atoms with van der Waals surface area (Å²) in [5.74, 6) is 1.27. The van der Waals surface area contributed by atoms with E-state index in [0.717, 1.165) is 0 Å². The van der Waals surface area contributed by atoms with Crippen LogP contribution in [0.2, 0.25) is 5.82 Å². The van der Waals surface area contributed by atoms with Gasteiger partial charge in [-0.1, -0.05) is 66.5 Å². The molecule has 0 heterocycles. The molecule has 0 unspecified atom stereocenters. The lowest BCUT2D eigenvalue weighted by molar-refractivity contribution is 0.684. The summed E-state index contributed by atoms with van der Waals surface area (Å²) in [6, 6.07) is 21.4. The smallest absolute Gasteiger partial charge is 0.0639 e. The quantitative estimate of drug-likeness (QED) is 0.677. The van der Waals surface area contributed by atoms with Crippen molar-refractivity contribution >= 4 is 7.85 Å². The van der Waals surface area contributed by atoms with Crippen LogP contribution in [0.5, 0.6) is 0 Å². The number of benzene rings is 2. The summed E-state index contributed by atoms with van der Waals surface area (Å²) in [7, 11) is 6.49. The van der Waals surface area contributed by atoms with Crippen LogP contribution in [0.25, 0.3) is 0 Å². The van der Waals surface area contributed by atoms with E-state index in [1.54, 1.807) is 0 Å². The normalized spacial score (nSPS) is 24.2. The molecule has 0 nitrogen and oxygen atoms in total. The summed E-state index contributed by atoms with van der Waals surface area (Å²) in [6.07, 6.45) is 2.40. The molecule has 3 rings (SSSR count). The van der Waals surface area contributed by atoms with Crippen molar-refractivity contribution < 1.29 is 0 Å². The Kier molecular flexibility index (Phi) is 3.23. The first-order valence-corrected chi connectivity index (χ1v) is 6.72. The standard InChI is InChI=1S/C17H17B/c18-17-15(13-7-3-1-4-8-13)11-12-16(17)14-9-5-2-6-10-14/h1-10,15-17H,11-12H2/t15-,16-/m1/s1. The largest absolute Gasteiger partial charge is 0.0716 e. The van der Waals surface area contributed by atoms with Gasteiger partial charge in [-0.25, -0.2) is 0 Å². The number of hydrogen-bond acceptors (Lipinski definition) is 0. The SMILES string of the molecule is [B]C1[C@@H](c2ccccc2)CC[C@@H]1c1ccccc1. The minimum atomic E-state index is 0.245. The molecular weight excluding hydrogens is 215 g/mol. The van der Waals surface area contributed by atoms with Crippen LogP contribution in [0.4, 0.5) is 0 Å². The molecule has 0 aliphatic heterocycles. The molecule has 0 spiro atoms. The Hall–Kier alpha value is -1.50. The molecule has 1 heteroatoms. The lowest BCUT2D eigenvalue weighted by atomic mass is 9.69. The summed E-state index contributed by atoms with van der Waals surface area (Å²) < 4.78 is 0. The van der Waals surface area contributed by atoms with Gasteiger partial charge in [-0.2, -0.15) is 0 Å². The van der Waals surface area contributed by atoms with E-state index in [4.69, 9.17) is 7.85 Å². The zero-order valence-electron chi connectivity index (χ0n) is 10.5. The minimum Gasteiger partial charge on any atom is -0.0639 e. The average Bonchev–Trinajstić information content (AvgIpc) is 2.83. The zero-order chi connectivity index (χ0) is 12.4. The van der Waals surface area contributed by atoms with Crippen molar-refractivity contribution in [3.63, 3.8) is 0 Å². The van der Waals surface area contributed by atoms with Gasteiger partial charge in [0.15, 0.2) is 0 Å². The van der Waals surface area contributed by atoms with Crippen molar-refractivity contribution in [1.29, 1.82) is 0 Å². The second kappa shape index (κ2) is 5.01. The fourth-order valence-electron chi connectivity index (χ4n) is 3.20. The predicted octanol–water partition coefficient (Wildman–Crippen LogP) is 4.30. The van der Waals surface area contributed by atoms with Crippen LogP contribution in [-0.4, -0.2) is 7.85 Å². The summed E-state index contributed by atoms with van der Waals surface area (Å²) in [4.78, 5) is 0. The maximum Gasteiger partial charge on any atom is 0.0716 e. The third kappa shape index (κ3) is 2.10. The molecule has 0 N–H and O–H groups in total. The lowest BCUT2D eigenvalue weighted by Gasteiger charge is -2.22. The van der Waals surface area contributed by atoms with Gasteiger partial charge in [-0.3, -0.25) is 0 Å². The Morgan fingerprint density at radius 3 is 1.44 bits per heavy atom. The van der Waals surface area contributed by atoms with Gasteiger partial charge in [-0.15, -0.1) is 0 Å². The van der Waals surface area contributed by atoms with Gasteiger partial charge in [0.1, 0.15) is 0 Å². The molecular formula is C17H17B. The first-order chi connectivity index (χ1) is 8.86. The van der Waals surface area contributed by atoms with E-state index in [-0.39, 0.29) is 5.82 Å². The predicted molar refractivity (Wildman–Crippen MR) is 77.1 cm³/mol. The fourth-order valence-corrected chi connectivity index (χ4v) is 3.20. The van der Waals surface area contributed by atoms with E-state index >= 15 is 0 Å². The average molecular weight is 232 g/mol. The van der Waals surface area contributed by atoms with Crippen LogP contribution < -0.4 is 0 Å². The molecule has 1 aliphatic rings. The molecule has 1 aliphatic carbocycles. The molecule has 1 fully saturated rings. The molecule has 2 atom stereocenters. The Morgan fingerprint density at radius 2 is 1.06 bits per heavy atom. The molecule has 1 saturated carbocycles. The number of hydrogen-bond donors (Lipinski definition) is 0. The van der Waals surface area contributed by atoms with E-state index in [1.165, 1.54) is 24.0 Å². The molecule has 18 heavy (non-hydrogen) atoms. The maximum atomic E-state index is 6.49. The van der Waals surface area contributed by atoms with E-state index in [1.807, 2.05) is 0 Å². The van der Waals surface area contributed by atoms with Crippen molar-refractivity contribution in [3.05, 3.63) is 71.8 Å². The van der Waals surface area contributed by atoms with Gasteiger partial charge in [0.2, 0.25) is 0 Å². The first kappa shape index (κ1) is 11.6.